The van der Waals surface area contributed by atoms with E-state index in [0.717, 1.165) is 43.9 Å². The van der Waals surface area contributed by atoms with Gasteiger partial charge in [0.1, 0.15) is 0 Å². The zero-order valence-corrected chi connectivity index (χ0v) is 19.8. The molecule has 1 N–H and O–H groups in total. The van der Waals surface area contributed by atoms with Crippen molar-refractivity contribution in [2.45, 2.75) is 77.6 Å². The number of rotatable bonds is 20. The van der Waals surface area contributed by atoms with Gasteiger partial charge in [-0.2, -0.15) is 11.8 Å². The number of unbranched alkanes of at least 4 members (excludes halogenated alkanes) is 5. The van der Waals surface area contributed by atoms with Gasteiger partial charge in [-0.25, -0.2) is 0 Å². The van der Waals surface area contributed by atoms with Gasteiger partial charge >= 0.3 is 5.97 Å². The number of aliphatic carboxylic acids is 1. The van der Waals surface area contributed by atoms with E-state index in [0.29, 0.717) is 18.6 Å². The fraction of sp³-hybridized carbons (Fsp3) is 0.667. The Labute approximate surface area is 197 Å². The monoisotopic (exact) mass is 487 g/mol. The minimum absolute atomic E-state index is 0.0869. The molecule has 0 spiro atoms. The van der Waals surface area contributed by atoms with Crippen molar-refractivity contribution < 1.29 is 24.7 Å². The number of allylic oxidation sites excluding steroid dienone is 4. The Morgan fingerprint density at radius 3 is 1.73 bits per heavy atom. The fourth-order valence-electron chi connectivity index (χ4n) is 2.89. The van der Waals surface area contributed by atoms with Crippen LogP contribution in [0.15, 0.2) is 35.3 Å². The molecule has 0 aromatic rings. The van der Waals surface area contributed by atoms with Crippen LogP contribution in [-0.4, -0.2) is 37.4 Å². The van der Waals surface area contributed by atoms with Gasteiger partial charge in [0.05, 0.1) is 34.0 Å². The van der Waals surface area contributed by atoms with E-state index in [1.807, 2.05) is 0 Å². The molecule has 33 heavy (non-hydrogen) atoms. The average Bonchev–Trinajstić information content (AvgIpc) is 2.73. The van der Waals surface area contributed by atoms with Crippen LogP contribution in [0, 0.1) is 30.3 Å². The molecule has 0 fully saturated rings. The maximum Gasteiger partial charge on any atom is 0.304 e. The van der Waals surface area contributed by atoms with Gasteiger partial charge in [-0.15, -0.1) is 0 Å². The Morgan fingerprint density at radius 1 is 0.727 bits per heavy atom. The van der Waals surface area contributed by atoms with E-state index < -0.39 is 20.7 Å². The lowest BCUT2D eigenvalue weighted by Crippen LogP contribution is -2.03. The maximum atomic E-state index is 11.3. The van der Waals surface area contributed by atoms with Crippen molar-refractivity contribution >= 4 is 17.7 Å². The Hall–Kier alpha value is -2.76. The zero-order valence-electron chi connectivity index (χ0n) is 19.0. The number of hydrogen-bond donors (Lipinski definition) is 1. The van der Waals surface area contributed by atoms with Gasteiger partial charge in [0.15, 0.2) is 0 Å². The molecule has 0 bridgehead atoms. The molecule has 0 amide bonds. The quantitative estimate of drug-likeness (QED) is 0.131. The molecule has 186 valence electrons. The van der Waals surface area contributed by atoms with Crippen LogP contribution in [0.3, 0.4) is 0 Å². The number of nitrogens with zero attached hydrogens (tertiary/aromatic N) is 3. The van der Waals surface area contributed by atoms with E-state index in [1.165, 1.54) is 12.2 Å². The van der Waals surface area contributed by atoms with Crippen molar-refractivity contribution in [3.63, 3.8) is 0 Å². The zero-order chi connectivity index (χ0) is 25.1. The molecule has 0 unspecified atom stereocenters. The highest BCUT2D eigenvalue weighted by Crippen LogP contribution is 2.17. The van der Waals surface area contributed by atoms with Crippen LogP contribution < -0.4 is 0 Å². The first-order valence-corrected chi connectivity index (χ1v) is 12.1. The van der Waals surface area contributed by atoms with E-state index in [-0.39, 0.29) is 42.8 Å². The topological polar surface area (TPSA) is 167 Å². The normalized spacial score (nSPS) is 12.6. The summed E-state index contributed by atoms with van der Waals surface area (Å²) in [5.74, 6) is 0.750. The summed E-state index contributed by atoms with van der Waals surface area (Å²) in [4.78, 5) is 42.0. The van der Waals surface area contributed by atoms with Crippen LogP contribution in [0.5, 0.6) is 0 Å². The minimum Gasteiger partial charge on any atom is -0.481 e. The molecule has 0 atom stereocenters. The van der Waals surface area contributed by atoms with Crippen LogP contribution in [0.1, 0.15) is 77.6 Å². The summed E-state index contributed by atoms with van der Waals surface area (Å²) < 4.78 is 0. The highest BCUT2D eigenvalue weighted by molar-refractivity contribution is 7.99. The van der Waals surface area contributed by atoms with Gasteiger partial charge in [-0.3, -0.25) is 35.1 Å². The second-order valence-corrected chi connectivity index (χ2v) is 8.53. The average molecular weight is 488 g/mol. The third-order valence-corrected chi connectivity index (χ3v) is 5.74. The van der Waals surface area contributed by atoms with E-state index in [2.05, 4.69) is 0 Å². The summed E-state index contributed by atoms with van der Waals surface area (Å²) in [6, 6.07) is 0. The van der Waals surface area contributed by atoms with Gasteiger partial charge in [-0.05, 0) is 43.2 Å². The van der Waals surface area contributed by atoms with Crippen molar-refractivity contribution in [1.82, 2.24) is 0 Å². The molecule has 0 saturated carbocycles. The highest BCUT2D eigenvalue weighted by atomic mass is 32.2. The molecular formula is C21H33N3O8S. The SMILES string of the molecule is CC/C=C(/C/C=C(/C/C=C(/CCCCCCCCSCCC(=O)O)[N+](=O)[O-])[N+](=O)[O-])[N+](=O)[O-]. The lowest BCUT2D eigenvalue weighted by atomic mass is 10.1. The predicted molar refractivity (Wildman–Crippen MR) is 127 cm³/mol. The van der Waals surface area contributed by atoms with Crippen LogP contribution in [0.2, 0.25) is 0 Å². The van der Waals surface area contributed by atoms with E-state index in [1.54, 1.807) is 18.7 Å². The fourth-order valence-corrected chi connectivity index (χ4v) is 3.82. The molecule has 0 aliphatic rings. The number of carboxylic acids is 1. The Balaban J connectivity index is 4.44. The largest absolute Gasteiger partial charge is 0.481 e. The van der Waals surface area contributed by atoms with Crippen LogP contribution in [0.4, 0.5) is 0 Å². The summed E-state index contributed by atoms with van der Waals surface area (Å²) in [6.07, 6.45) is 9.43. The van der Waals surface area contributed by atoms with Crippen molar-refractivity contribution in [2.24, 2.45) is 0 Å². The van der Waals surface area contributed by atoms with Crippen LogP contribution in [-0.2, 0) is 4.79 Å². The summed E-state index contributed by atoms with van der Waals surface area (Å²) in [7, 11) is 0. The lowest BCUT2D eigenvalue weighted by molar-refractivity contribution is -0.434. The van der Waals surface area contributed by atoms with Crippen LogP contribution in [0.25, 0.3) is 0 Å². The lowest BCUT2D eigenvalue weighted by Gasteiger charge is -2.02. The van der Waals surface area contributed by atoms with Crippen molar-refractivity contribution in [3.8, 4) is 0 Å². The maximum absolute atomic E-state index is 11.3. The molecule has 0 aromatic carbocycles. The van der Waals surface area contributed by atoms with E-state index in [4.69, 9.17) is 5.11 Å². The summed E-state index contributed by atoms with van der Waals surface area (Å²) in [6.45, 7) is 1.72. The number of nitro groups is 3. The van der Waals surface area contributed by atoms with E-state index >= 15 is 0 Å². The molecule has 0 rings (SSSR count). The summed E-state index contributed by atoms with van der Waals surface area (Å²) in [5, 5.41) is 42.0. The van der Waals surface area contributed by atoms with Crippen molar-refractivity contribution in [3.05, 3.63) is 65.7 Å². The Kier molecular flexibility index (Phi) is 17.2. The first kappa shape index (κ1) is 30.2. The number of carbonyl (C=O) groups is 1. The molecule has 0 aromatic heterocycles. The van der Waals surface area contributed by atoms with Gasteiger partial charge in [0.25, 0.3) is 0 Å². The molecule has 0 aliphatic heterocycles. The molecular weight excluding hydrogens is 454 g/mol. The predicted octanol–water partition coefficient (Wildman–Crippen LogP) is 5.60. The molecule has 12 heteroatoms. The molecule has 0 saturated heterocycles. The summed E-state index contributed by atoms with van der Waals surface area (Å²) in [5.41, 5.74) is -0.537. The van der Waals surface area contributed by atoms with Gasteiger partial charge in [-0.1, -0.05) is 32.6 Å². The molecule has 11 nitrogen and oxygen atoms in total. The number of carboxylic acid groups (broad SMARTS) is 1. The van der Waals surface area contributed by atoms with Crippen molar-refractivity contribution in [2.75, 3.05) is 11.5 Å². The van der Waals surface area contributed by atoms with Crippen molar-refractivity contribution in [1.29, 1.82) is 0 Å². The first-order chi connectivity index (χ1) is 15.7. The molecule has 0 aliphatic carbocycles. The molecule has 0 heterocycles. The third kappa shape index (κ3) is 16.5. The standard InChI is InChI=1S/C21H33N3O8S/c1-2-9-18(22(27)28)11-13-20(24(31)32)14-12-19(23(29)30)10-7-5-3-4-6-8-16-33-17-15-21(25)26/h9,12-13H,2-8,10-11,14-17H2,1H3,(H,25,26)/b18-9-,19-12-,20-13-. The van der Waals surface area contributed by atoms with E-state index in [9.17, 15) is 35.1 Å². The first-order valence-electron chi connectivity index (χ1n) is 11.0. The van der Waals surface area contributed by atoms with Gasteiger partial charge in [0, 0.05) is 12.2 Å². The Morgan fingerprint density at radius 2 is 1.21 bits per heavy atom. The van der Waals surface area contributed by atoms with Gasteiger partial charge < -0.3 is 5.11 Å². The minimum atomic E-state index is -0.788. The number of thioether (sulfide) groups is 1. The summed E-state index contributed by atoms with van der Waals surface area (Å²) >= 11 is 1.62. The Bertz CT molecular complexity index is 750. The molecule has 0 radical (unpaired) electrons. The number of hydrogen-bond acceptors (Lipinski definition) is 8. The van der Waals surface area contributed by atoms with Gasteiger partial charge in [0.2, 0.25) is 17.1 Å². The second kappa shape index (κ2) is 18.8. The highest BCUT2D eigenvalue weighted by Gasteiger charge is 2.17. The third-order valence-electron chi connectivity index (χ3n) is 4.67. The van der Waals surface area contributed by atoms with Crippen LogP contribution >= 0.6 is 11.8 Å². The smallest absolute Gasteiger partial charge is 0.304 e. The second-order valence-electron chi connectivity index (χ2n) is 7.30.